The molecule has 0 aliphatic carbocycles. The van der Waals surface area contributed by atoms with Gasteiger partial charge in [-0.25, -0.2) is 4.39 Å². The first-order valence-corrected chi connectivity index (χ1v) is 6.12. The fourth-order valence-corrected chi connectivity index (χ4v) is 2.07. The molecule has 0 saturated heterocycles. The molecule has 0 fully saturated rings. The van der Waals surface area contributed by atoms with Crippen LogP contribution in [0.3, 0.4) is 0 Å². The van der Waals surface area contributed by atoms with Crippen molar-refractivity contribution in [1.29, 1.82) is 0 Å². The first kappa shape index (κ1) is 11.6. The quantitative estimate of drug-likeness (QED) is 0.578. The maximum Gasteiger partial charge on any atom is 0.132 e. The second kappa shape index (κ2) is 4.99. The van der Waals surface area contributed by atoms with E-state index >= 15 is 0 Å². The third-order valence-electron chi connectivity index (χ3n) is 3.02. The molecule has 0 unspecified atom stereocenters. The van der Waals surface area contributed by atoms with Crippen LogP contribution < -0.4 is 0 Å². The van der Waals surface area contributed by atoms with E-state index in [0.717, 1.165) is 11.1 Å². The molecule has 19 heavy (non-hydrogen) atoms. The van der Waals surface area contributed by atoms with Gasteiger partial charge >= 0.3 is 0 Å². The molecule has 2 heteroatoms. The Bertz CT molecular complexity index is 760. The summed E-state index contributed by atoms with van der Waals surface area (Å²) < 4.78 is 15.5. The first-order chi connectivity index (χ1) is 9.34. The van der Waals surface area contributed by atoms with Crippen molar-refractivity contribution >= 4 is 10.9 Å². The highest BCUT2D eigenvalue weighted by Gasteiger charge is 2.03. The zero-order chi connectivity index (χ0) is 13.1. The molecule has 1 nitrogen and oxygen atoms in total. The monoisotopic (exact) mass is 249 g/mol. The molecule has 0 saturated carbocycles. The van der Waals surface area contributed by atoms with Crippen molar-refractivity contribution in [2.24, 2.45) is 0 Å². The van der Waals surface area contributed by atoms with Gasteiger partial charge in [0.2, 0.25) is 0 Å². The molecule has 0 radical (unpaired) electrons. The van der Waals surface area contributed by atoms with Crippen LogP contribution in [-0.2, 0) is 6.54 Å². The molecule has 1 aromatic heterocycles. The SMILES string of the molecule is Fc1cccc2c1ccn2CC#Cc1ccccc1. The highest BCUT2D eigenvalue weighted by atomic mass is 19.1. The van der Waals surface area contributed by atoms with E-state index < -0.39 is 0 Å². The van der Waals surface area contributed by atoms with E-state index in [2.05, 4.69) is 11.8 Å². The Hall–Kier alpha value is -2.53. The van der Waals surface area contributed by atoms with Crippen LogP contribution in [-0.4, -0.2) is 4.57 Å². The molecule has 92 valence electrons. The van der Waals surface area contributed by atoms with Gasteiger partial charge in [0, 0.05) is 17.1 Å². The van der Waals surface area contributed by atoms with E-state index in [9.17, 15) is 4.39 Å². The predicted octanol–water partition coefficient (Wildman–Crippen LogP) is 3.83. The molecular weight excluding hydrogens is 237 g/mol. The van der Waals surface area contributed by atoms with Crippen molar-refractivity contribution < 1.29 is 4.39 Å². The number of hydrogen-bond donors (Lipinski definition) is 0. The predicted molar refractivity (Wildman–Crippen MR) is 75.2 cm³/mol. The molecule has 0 spiro atoms. The molecule has 0 aliphatic rings. The van der Waals surface area contributed by atoms with Crippen molar-refractivity contribution in [3.63, 3.8) is 0 Å². The molecule has 2 aromatic carbocycles. The van der Waals surface area contributed by atoms with E-state index in [1.165, 1.54) is 6.07 Å². The van der Waals surface area contributed by atoms with Gasteiger partial charge in [-0.2, -0.15) is 0 Å². The Labute approximate surface area is 111 Å². The lowest BCUT2D eigenvalue weighted by Crippen LogP contribution is -1.93. The average Bonchev–Trinajstić information content (AvgIpc) is 2.85. The van der Waals surface area contributed by atoms with Crippen LogP contribution >= 0.6 is 0 Å². The van der Waals surface area contributed by atoms with E-state index in [4.69, 9.17) is 0 Å². The second-order valence-corrected chi connectivity index (χ2v) is 4.28. The zero-order valence-electron chi connectivity index (χ0n) is 10.3. The number of rotatable bonds is 1. The first-order valence-electron chi connectivity index (χ1n) is 6.12. The van der Waals surface area contributed by atoms with Crippen molar-refractivity contribution in [3.05, 3.63) is 72.2 Å². The Morgan fingerprint density at radius 1 is 0.947 bits per heavy atom. The number of benzene rings is 2. The van der Waals surface area contributed by atoms with Gasteiger partial charge in [-0.15, -0.1) is 0 Å². The number of hydrogen-bond acceptors (Lipinski definition) is 0. The van der Waals surface area contributed by atoms with E-state index in [1.54, 1.807) is 12.1 Å². The Morgan fingerprint density at radius 3 is 2.63 bits per heavy atom. The third kappa shape index (κ3) is 2.36. The van der Waals surface area contributed by atoms with E-state index in [1.807, 2.05) is 47.2 Å². The maximum atomic E-state index is 13.5. The summed E-state index contributed by atoms with van der Waals surface area (Å²) in [4.78, 5) is 0. The van der Waals surface area contributed by atoms with Crippen molar-refractivity contribution in [1.82, 2.24) is 4.57 Å². The van der Waals surface area contributed by atoms with Crippen LogP contribution in [0, 0.1) is 17.7 Å². The standard InChI is InChI=1S/C17H12FN/c18-16-9-4-10-17-15(16)11-13-19(17)12-5-8-14-6-2-1-3-7-14/h1-4,6-7,9-11,13H,12H2. The van der Waals surface area contributed by atoms with E-state index in [0.29, 0.717) is 11.9 Å². The van der Waals surface area contributed by atoms with Crippen LogP contribution in [0.25, 0.3) is 10.9 Å². The maximum absolute atomic E-state index is 13.5. The van der Waals surface area contributed by atoms with Gasteiger partial charge < -0.3 is 4.57 Å². The average molecular weight is 249 g/mol. The van der Waals surface area contributed by atoms with Crippen molar-refractivity contribution in [3.8, 4) is 11.8 Å². The Balaban J connectivity index is 1.87. The van der Waals surface area contributed by atoms with Gasteiger partial charge in [0.1, 0.15) is 5.82 Å². The summed E-state index contributed by atoms with van der Waals surface area (Å²) in [5, 5.41) is 0.643. The number of halogens is 1. The van der Waals surface area contributed by atoms with Crippen molar-refractivity contribution in [2.45, 2.75) is 6.54 Å². The van der Waals surface area contributed by atoms with Crippen LogP contribution in [0.4, 0.5) is 4.39 Å². The minimum absolute atomic E-state index is 0.188. The molecule has 0 amide bonds. The van der Waals surface area contributed by atoms with Gasteiger partial charge in [-0.1, -0.05) is 36.1 Å². The molecule has 3 rings (SSSR count). The van der Waals surface area contributed by atoms with Crippen LogP contribution in [0.15, 0.2) is 60.8 Å². The van der Waals surface area contributed by atoms with Gasteiger partial charge in [0.05, 0.1) is 12.1 Å². The fourth-order valence-electron chi connectivity index (χ4n) is 2.07. The topological polar surface area (TPSA) is 4.93 Å². The normalized spacial score (nSPS) is 10.2. The summed E-state index contributed by atoms with van der Waals surface area (Å²) in [5.41, 5.74) is 1.87. The van der Waals surface area contributed by atoms with Gasteiger partial charge in [-0.05, 0) is 30.3 Å². The molecule has 0 atom stereocenters. The van der Waals surface area contributed by atoms with Crippen molar-refractivity contribution in [2.75, 3.05) is 0 Å². The molecular formula is C17H12FN. The smallest absolute Gasteiger partial charge is 0.132 e. The van der Waals surface area contributed by atoms with Gasteiger partial charge in [0.15, 0.2) is 0 Å². The molecule has 0 N–H and O–H groups in total. The summed E-state index contributed by atoms with van der Waals surface area (Å²) >= 11 is 0. The Morgan fingerprint density at radius 2 is 1.79 bits per heavy atom. The summed E-state index contributed by atoms with van der Waals surface area (Å²) in [5.74, 6) is 6.02. The lowest BCUT2D eigenvalue weighted by Gasteiger charge is -1.99. The second-order valence-electron chi connectivity index (χ2n) is 4.28. The minimum atomic E-state index is -0.188. The minimum Gasteiger partial charge on any atom is -0.336 e. The fraction of sp³-hybridized carbons (Fsp3) is 0.0588. The van der Waals surface area contributed by atoms with Crippen LogP contribution in [0.5, 0.6) is 0 Å². The number of aromatic nitrogens is 1. The third-order valence-corrected chi connectivity index (χ3v) is 3.02. The van der Waals surface area contributed by atoms with Crippen LogP contribution in [0.1, 0.15) is 5.56 Å². The highest BCUT2D eigenvalue weighted by molar-refractivity contribution is 5.80. The summed E-state index contributed by atoms with van der Waals surface area (Å²) in [6.07, 6.45) is 1.87. The number of fused-ring (bicyclic) bond motifs is 1. The number of nitrogens with zero attached hydrogens (tertiary/aromatic N) is 1. The highest BCUT2D eigenvalue weighted by Crippen LogP contribution is 2.18. The summed E-state index contributed by atoms with van der Waals surface area (Å²) in [6.45, 7) is 0.557. The molecule has 0 bridgehead atoms. The largest absolute Gasteiger partial charge is 0.336 e. The Kier molecular flexibility index (Phi) is 3.04. The van der Waals surface area contributed by atoms with E-state index in [-0.39, 0.29) is 5.82 Å². The zero-order valence-corrected chi connectivity index (χ0v) is 10.3. The van der Waals surface area contributed by atoms with Crippen LogP contribution in [0.2, 0.25) is 0 Å². The summed E-state index contributed by atoms with van der Waals surface area (Å²) in [6, 6.07) is 16.7. The lowest BCUT2D eigenvalue weighted by atomic mass is 10.2. The molecule has 1 heterocycles. The molecule has 3 aromatic rings. The van der Waals surface area contributed by atoms with Gasteiger partial charge in [-0.3, -0.25) is 0 Å². The lowest BCUT2D eigenvalue weighted by molar-refractivity contribution is 0.640. The molecule has 0 aliphatic heterocycles. The van der Waals surface area contributed by atoms with Gasteiger partial charge in [0.25, 0.3) is 0 Å². The summed E-state index contributed by atoms with van der Waals surface area (Å²) in [7, 11) is 0.